The predicted molar refractivity (Wildman–Crippen MR) is 71.1 cm³/mol. The summed E-state index contributed by atoms with van der Waals surface area (Å²) >= 11 is 1.93. The highest BCUT2D eigenvalue weighted by atomic mass is 32.2. The standard InChI is InChI=1S/C12H17N3OS/c1-12(4-2-6-17-12)8-15-11(16)9-3-5-14-7-10(9)13/h3,5,7H,2,4,6,8,13H2,1H3,(H,15,16). The molecule has 0 spiro atoms. The SMILES string of the molecule is CC1(CNC(=O)c2ccncc2N)CCCS1. The van der Waals surface area contributed by atoms with Crippen molar-refractivity contribution >= 4 is 23.4 Å². The second-order valence-electron chi connectivity index (χ2n) is 4.55. The number of nitrogens with one attached hydrogen (secondary N) is 1. The smallest absolute Gasteiger partial charge is 0.253 e. The van der Waals surface area contributed by atoms with Crippen molar-refractivity contribution < 1.29 is 4.79 Å². The second kappa shape index (κ2) is 4.96. The predicted octanol–water partition coefficient (Wildman–Crippen LogP) is 1.68. The number of hydrogen-bond donors (Lipinski definition) is 2. The number of anilines is 1. The first-order valence-electron chi connectivity index (χ1n) is 5.72. The molecular formula is C12H17N3OS. The van der Waals surface area contributed by atoms with E-state index in [0.717, 1.165) is 6.42 Å². The van der Waals surface area contributed by atoms with Gasteiger partial charge in [0.05, 0.1) is 17.4 Å². The van der Waals surface area contributed by atoms with E-state index < -0.39 is 0 Å². The highest BCUT2D eigenvalue weighted by Gasteiger charge is 2.29. The molecule has 0 radical (unpaired) electrons. The van der Waals surface area contributed by atoms with E-state index in [1.807, 2.05) is 11.8 Å². The first kappa shape index (κ1) is 12.2. The van der Waals surface area contributed by atoms with E-state index in [1.54, 1.807) is 12.3 Å². The van der Waals surface area contributed by atoms with Gasteiger partial charge in [0.1, 0.15) is 0 Å². The lowest BCUT2D eigenvalue weighted by Crippen LogP contribution is -2.37. The molecule has 2 rings (SSSR count). The molecule has 1 aliphatic rings. The largest absolute Gasteiger partial charge is 0.397 e. The van der Waals surface area contributed by atoms with Crippen LogP contribution in [0.1, 0.15) is 30.1 Å². The normalized spacial score (nSPS) is 23.6. The quantitative estimate of drug-likeness (QED) is 0.857. The van der Waals surface area contributed by atoms with Crippen LogP contribution < -0.4 is 11.1 Å². The monoisotopic (exact) mass is 251 g/mol. The van der Waals surface area contributed by atoms with Gasteiger partial charge in [0.2, 0.25) is 0 Å². The number of thioether (sulfide) groups is 1. The molecule has 1 aromatic rings. The number of aromatic nitrogens is 1. The fourth-order valence-electron chi connectivity index (χ4n) is 1.95. The maximum atomic E-state index is 11.9. The van der Waals surface area contributed by atoms with Crippen LogP contribution in [-0.4, -0.2) is 27.9 Å². The Hall–Kier alpha value is -1.23. The molecule has 92 valence electrons. The first-order valence-corrected chi connectivity index (χ1v) is 6.71. The molecule has 2 heterocycles. The molecule has 0 saturated carbocycles. The number of amides is 1. The van der Waals surface area contributed by atoms with Crippen molar-refractivity contribution in [3.05, 3.63) is 24.0 Å². The zero-order chi connectivity index (χ0) is 12.3. The summed E-state index contributed by atoms with van der Waals surface area (Å²) in [5.41, 5.74) is 6.64. The molecule has 0 aliphatic carbocycles. The van der Waals surface area contributed by atoms with Crippen molar-refractivity contribution in [1.29, 1.82) is 0 Å². The number of rotatable bonds is 3. The Morgan fingerprint density at radius 3 is 3.18 bits per heavy atom. The molecule has 0 bridgehead atoms. The van der Waals surface area contributed by atoms with Gasteiger partial charge in [-0.3, -0.25) is 9.78 Å². The summed E-state index contributed by atoms with van der Waals surface area (Å²) in [5.74, 6) is 1.07. The number of nitrogens with zero attached hydrogens (tertiary/aromatic N) is 1. The van der Waals surface area contributed by atoms with Crippen LogP contribution in [0.3, 0.4) is 0 Å². The topological polar surface area (TPSA) is 68.0 Å². The van der Waals surface area contributed by atoms with Gasteiger partial charge in [-0.05, 0) is 31.6 Å². The minimum absolute atomic E-state index is 0.112. The minimum Gasteiger partial charge on any atom is -0.397 e. The van der Waals surface area contributed by atoms with Gasteiger partial charge < -0.3 is 11.1 Å². The molecule has 1 fully saturated rings. The summed E-state index contributed by atoms with van der Waals surface area (Å²) in [7, 11) is 0. The highest BCUT2D eigenvalue weighted by Crippen LogP contribution is 2.36. The summed E-state index contributed by atoms with van der Waals surface area (Å²) in [6.07, 6.45) is 5.47. The summed E-state index contributed by atoms with van der Waals surface area (Å²) in [6.45, 7) is 2.89. The molecule has 5 heteroatoms. The lowest BCUT2D eigenvalue weighted by molar-refractivity contribution is 0.0950. The van der Waals surface area contributed by atoms with Crippen LogP contribution in [0.2, 0.25) is 0 Å². The van der Waals surface area contributed by atoms with E-state index in [4.69, 9.17) is 5.73 Å². The van der Waals surface area contributed by atoms with Crippen LogP contribution in [0, 0.1) is 0 Å². The lowest BCUT2D eigenvalue weighted by atomic mass is 10.1. The van der Waals surface area contributed by atoms with Crippen LogP contribution in [0.5, 0.6) is 0 Å². The molecule has 1 saturated heterocycles. The van der Waals surface area contributed by atoms with Gasteiger partial charge >= 0.3 is 0 Å². The molecule has 3 N–H and O–H groups in total. The Morgan fingerprint density at radius 1 is 1.71 bits per heavy atom. The first-order chi connectivity index (χ1) is 8.11. The van der Waals surface area contributed by atoms with Crippen molar-refractivity contribution in [1.82, 2.24) is 10.3 Å². The van der Waals surface area contributed by atoms with Crippen LogP contribution in [0.4, 0.5) is 5.69 Å². The van der Waals surface area contributed by atoms with Gasteiger partial charge in [-0.25, -0.2) is 0 Å². The van der Waals surface area contributed by atoms with Gasteiger partial charge in [0.15, 0.2) is 0 Å². The third-order valence-electron chi connectivity index (χ3n) is 3.02. The lowest BCUT2D eigenvalue weighted by Gasteiger charge is -2.22. The Bertz CT molecular complexity index is 416. The van der Waals surface area contributed by atoms with E-state index in [9.17, 15) is 4.79 Å². The van der Waals surface area contributed by atoms with E-state index in [-0.39, 0.29) is 10.7 Å². The third-order valence-corrected chi connectivity index (χ3v) is 4.56. The fraction of sp³-hybridized carbons (Fsp3) is 0.500. The van der Waals surface area contributed by atoms with Crippen LogP contribution in [0.15, 0.2) is 18.5 Å². The van der Waals surface area contributed by atoms with Crippen LogP contribution in [-0.2, 0) is 0 Å². The number of carbonyl (C=O) groups excluding carboxylic acids is 1. The number of hydrogen-bond acceptors (Lipinski definition) is 4. The van der Waals surface area contributed by atoms with E-state index in [2.05, 4.69) is 17.2 Å². The zero-order valence-corrected chi connectivity index (χ0v) is 10.7. The average molecular weight is 251 g/mol. The van der Waals surface area contributed by atoms with Crippen molar-refractivity contribution in [2.75, 3.05) is 18.0 Å². The molecule has 17 heavy (non-hydrogen) atoms. The molecule has 1 amide bonds. The Kier molecular flexibility index (Phi) is 3.57. The summed E-state index contributed by atoms with van der Waals surface area (Å²) < 4.78 is 0.178. The molecule has 1 unspecified atom stereocenters. The Balaban J connectivity index is 1.96. The number of carbonyl (C=O) groups is 1. The van der Waals surface area contributed by atoms with Gasteiger partial charge in [0, 0.05) is 17.5 Å². The van der Waals surface area contributed by atoms with Gasteiger partial charge in [0.25, 0.3) is 5.91 Å². The maximum absolute atomic E-state index is 11.9. The van der Waals surface area contributed by atoms with E-state index >= 15 is 0 Å². The van der Waals surface area contributed by atoms with Gasteiger partial charge in [-0.1, -0.05) is 0 Å². The van der Waals surface area contributed by atoms with Crippen molar-refractivity contribution in [2.45, 2.75) is 24.5 Å². The zero-order valence-electron chi connectivity index (χ0n) is 9.90. The average Bonchev–Trinajstić information content (AvgIpc) is 2.74. The second-order valence-corrected chi connectivity index (χ2v) is 6.23. The minimum atomic E-state index is -0.112. The highest BCUT2D eigenvalue weighted by molar-refractivity contribution is 8.00. The van der Waals surface area contributed by atoms with Gasteiger partial charge in [-0.2, -0.15) is 11.8 Å². The fourth-order valence-corrected chi connectivity index (χ4v) is 3.20. The van der Waals surface area contributed by atoms with Crippen LogP contribution in [0.25, 0.3) is 0 Å². The molecule has 1 aromatic heterocycles. The number of nitrogen functional groups attached to an aromatic ring is 1. The van der Waals surface area contributed by atoms with Crippen molar-refractivity contribution in [3.63, 3.8) is 0 Å². The van der Waals surface area contributed by atoms with E-state index in [0.29, 0.717) is 17.8 Å². The van der Waals surface area contributed by atoms with Crippen molar-refractivity contribution in [2.24, 2.45) is 0 Å². The molecule has 4 nitrogen and oxygen atoms in total. The summed E-state index contributed by atoms with van der Waals surface area (Å²) in [5, 5.41) is 2.95. The summed E-state index contributed by atoms with van der Waals surface area (Å²) in [4.78, 5) is 15.8. The molecule has 0 aromatic carbocycles. The summed E-state index contributed by atoms with van der Waals surface area (Å²) in [6, 6.07) is 1.65. The van der Waals surface area contributed by atoms with Crippen molar-refractivity contribution in [3.8, 4) is 0 Å². The third kappa shape index (κ3) is 2.91. The van der Waals surface area contributed by atoms with E-state index in [1.165, 1.54) is 18.4 Å². The number of pyridine rings is 1. The molecule has 1 aliphatic heterocycles. The maximum Gasteiger partial charge on any atom is 0.253 e. The Morgan fingerprint density at radius 2 is 2.53 bits per heavy atom. The van der Waals surface area contributed by atoms with Crippen LogP contribution >= 0.6 is 11.8 Å². The molecule has 1 atom stereocenters. The molecular weight excluding hydrogens is 234 g/mol. The Labute approximate surface area is 105 Å². The number of nitrogens with two attached hydrogens (primary N) is 1. The van der Waals surface area contributed by atoms with Gasteiger partial charge in [-0.15, -0.1) is 0 Å².